The van der Waals surface area contributed by atoms with E-state index in [-0.39, 0.29) is 42.5 Å². The quantitative estimate of drug-likeness (QED) is 0.204. The minimum absolute atomic E-state index is 0. The lowest BCUT2D eigenvalue weighted by Crippen LogP contribution is -2.40. The number of aliphatic imine (C=N–C) groups is 1. The van der Waals surface area contributed by atoms with Gasteiger partial charge in [0, 0.05) is 20.2 Å². The molecule has 1 aromatic rings. The molecule has 0 aliphatic heterocycles. The van der Waals surface area contributed by atoms with Gasteiger partial charge in [0.2, 0.25) is 5.91 Å². The molecule has 0 spiro atoms. The van der Waals surface area contributed by atoms with Gasteiger partial charge in [-0.15, -0.1) is 24.0 Å². The van der Waals surface area contributed by atoms with Crippen LogP contribution in [0.3, 0.4) is 0 Å². The van der Waals surface area contributed by atoms with E-state index in [4.69, 9.17) is 4.74 Å². The SMILES string of the molecule is CCNC(=NCC(=O)NCCOC)NC(C)c1ccc(CC(C)C)cc1.I. The van der Waals surface area contributed by atoms with Crippen molar-refractivity contribution in [3.05, 3.63) is 35.4 Å². The van der Waals surface area contributed by atoms with Crippen LogP contribution in [0.15, 0.2) is 29.3 Å². The molecule has 0 aromatic heterocycles. The van der Waals surface area contributed by atoms with E-state index in [0.29, 0.717) is 25.0 Å². The minimum atomic E-state index is -0.120. The van der Waals surface area contributed by atoms with Crippen molar-refractivity contribution in [1.29, 1.82) is 0 Å². The molecule has 0 aliphatic carbocycles. The molecule has 1 rings (SSSR count). The van der Waals surface area contributed by atoms with Crippen LogP contribution in [0.5, 0.6) is 0 Å². The highest BCUT2D eigenvalue weighted by atomic mass is 127. The van der Waals surface area contributed by atoms with Crippen LogP contribution in [0.2, 0.25) is 0 Å². The van der Waals surface area contributed by atoms with Crippen molar-refractivity contribution < 1.29 is 9.53 Å². The highest BCUT2D eigenvalue weighted by Crippen LogP contribution is 2.15. The van der Waals surface area contributed by atoms with Gasteiger partial charge in [0.25, 0.3) is 0 Å². The Hall–Kier alpha value is -1.35. The highest BCUT2D eigenvalue weighted by molar-refractivity contribution is 14.0. The summed E-state index contributed by atoms with van der Waals surface area (Å²) in [5, 5.41) is 9.29. The number of guanidine groups is 1. The Kier molecular flexibility index (Phi) is 13.9. The van der Waals surface area contributed by atoms with Gasteiger partial charge >= 0.3 is 0 Å². The fourth-order valence-corrected chi connectivity index (χ4v) is 2.52. The number of nitrogens with one attached hydrogen (secondary N) is 3. The normalized spacial score (nSPS) is 12.3. The molecule has 154 valence electrons. The number of rotatable bonds is 10. The molecule has 0 bridgehead atoms. The first-order valence-corrected chi connectivity index (χ1v) is 9.35. The van der Waals surface area contributed by atoms with E-state index in [2.05, 4.69) is 66.0 Å². The van der Waals surface area contributed by atoms with E-state index in [1.165, 1.54) is 11.1 Å². The second-order valence-corrected chi connectivity index (χ2v) is 6.74. The van der Waals surface area contributed by atoms with Gasteiger partial charge in [-0.3, -0.25) is 4.79 Å². The molecule has 0 saturated heterocycles. The minimum Gasteiger partial charge on any atom is -0.383 e. The molecule has 3 N–H and O–H groups in total. The van der Waals surface area contributed by atoms with Crippen LogP contribution in [-0.4, -0.2) is 45.2 Å². The molecule has 6 nitrogen and oxygen atoms in total. The van der Waals surface area contributed by atoms with Crippen molar-refractivity contribution in [3.63, 3.8) is 0 Å². The number of hydrogen-bond acceptors (Lipinski definition) is 3. The van der Waals surface area contributed by atoms with E-state index in [1.807, 2.05) is 6.92 Å². The molecular weight excluding hydrogens is 455 g/mol. The number of methoxy groups -OCH3 is 1. The predicted molar refractivity (Wildman–Crippen MR) is 123 cm³/mol. The number of benzene rings is 1. The number of amides is 1. The molecule has 0 aliphatic rings. The standard InChI is InChI=1S/C20H34N4O2.HI/c1-6-21-20(23-14-19(25)22-11-12-26-5)24-16(4)18-9-7-17(8-10-18)13-15(2)3;/h7-10,15-16H,6,11-14H2,1-5H3,(H,22,25)(H2,21,23,24);1H. The van der Waals surface area contributed by atoms with Gasteiger partial charge < -0.3 is 20.7 Å². The fraction of sp³-hybridized carbons (Fsp3) is 0.600. The third kappa shape index (κ3) is 11.2. The van der Waals surface area contributed by atoms with Gasteiger partial charge in [0.05, 0.1) is 12.6 Å². The van der Waals surface area contributed by atoms with Gasteiger partial charge in [-0.25, -0.2) is 4.99 Å². The monoisotopic (exact) mass is 490 g/mol. The summed E-state index contributed by atoms with van der Waals surface area (Å²) in [5.41, 5.74) is 2.54. The van der Waals surface area contributed by atoms with Crippen molar-refractivity contribution in [2.45, 2.75) is 40.2 Å². The molecule has 0 saturated carbocycles. The Morgan fingerprint density at radius 1 is 1.15 bits per heavy atom. The van der Waals surface area contributed by atoms with Crippen molar-refractivity contribution >= 4 is 35.8 Å². The van der Waals surface area contributed by atoms with Gasteiger partial charge in [-0.05, 0) is 37.3 Å². The van der Waals surface area contributed by atoms with Crippen molar-refractivity contribution in [2.24, 2.45) is 10.9 Å². The summed E-state index contributed by atoms with van der Waals surface area (Å²) in [4.78, 5) is 16.1. The summed E-state index contributed by atoms with van der Waals surface area (Å²) >= 11 is 0. The third-order valence-corrected chi connectivity index (χ3v) is 3.83. The molecule has 1 aromatic carbocycles. The van der Waals surface area contributed by atoms with E-state index in [1.54, 1.807) is 7.11 Å². The van der Waals surface area contributed by atoms with Crippen molar-refractivity contribution in [3.8, 4) is 0 Å². The first-order valence-electron chi connectivity index (χ1n) is 9.35. The smallest absolute Gasteiger partial charge is 0.241 e. The third-order valence-electron chi connectivity index (χ3n) is 3.83. The summed E-state index contributed by atoms with van der Waals surface area (Å²) < 4.78 is 4.91. The number of nitrogens with zero attached hydrogens (tertiary/aromatic N) is 1. The molecule has 0 radical (unpaired) electrons. The van der Waals surface area contributed by atoms with Crippen LogP contribution in [0.1, 0.15) is 44.9 Å². The predicted octanol–water partition coefficient (Wildman–Crippen LogP) is 2.88. The number of carbonyl (C=O) groups excluding carboxylic acids is 1. The molecule has 27 heavy (non-hydrogen) atoms. The van der Waals surface area contributed by atoms with Crippen LogP contribution < -0.4 is 16.0 Å². The number of halogens is 1. The second-order valence-electron chi connectivity index (χ2n) is 6.74. The maximum Gasteiger partial charge on any atom is 0.241 e. The van der Waals surface area contributed by atoms with Gasteiger partial charge in [-0.2, -0.15) is 0 Å². The summed E-state index contributed by atoms with van der Waals surface area (Å²) in [6.45, 7) is 10.3. The summed E-state index contributed by atoms with van der Waals surface area (Å²) in [5.74, 6) is 1.16. The fourth-order valence-electron chi connectivity index (χ4n) is 2.52. The summed E-state index contributed by atoms with van der Waals surface area (Å²) in [6.07, 6.45) is 1.09. The lowest BCUT2D eigenvalue weighted by molar-refractivity contribution is -0.119. The van der Waals surface area contributed by atoms with Crippen molar-refractivity contribution in [1.82, 2.24) is 16.0 Å². The van der Waals surface area contributed by atoms with E-state index >= 15 is 0 Å². The number of carbonyl (C=O) groups is 1. The zero-order valence-electron chi connectivity index (χ0n) is 17.2. The Morgan fingerprint density at radius 2 is 1.81 bits per heavy atom. The molecule has 1 amide bonds. The van der Waals surface area contributed by atoms with E-state index in [9.17, 15) is 4.79 Å². The second kappa shape index (κ2) is 14.7. The van der Waals surface area contributed by atoms with Gasteiger partial charge in [-0.1, -0.05) is 38.1 Å². The molecule has 1 atom stereocenters. The molecule has 1 unspecified atom stereocenters. The Bertz CT molecular complexity index is 562. The number of ether oxygens (including phenoxy) is 1. The van der Waals surface area contributed by atoms with Crippen LogP contribution in [-0.2, 0) is 16.0 Å². The average Bonchev–Trinajstić information content (AvgIpc) is 2.60. The zero-order valence-corrected chi connectivity index (χ0v) is 19.5. The van der Waals surface area contributed by atoms with Crippen molar-refractivity contribution in [2.75, 3.05) is 33.4 Å². The van der Waals surface area contributed by atoms with E-state index < -0.39 is 0 Å². The molecular formula is C20H35IN4O2. The largest absolute Gasteiger partial charge is 0.383 e. The maximum absolute atomic E-state index is 11.8. The van der Waals surface area contributed by atoms with Crippen LogP contribution in [0.4, 0.5) is 0 Å². The molecule has 7 heteroatoms. The summed E-state index contributed by atoms with van der Waals surface area (Å²) in [6, 6.07) is 8.76. The molecule has 0 fully saturated rings. The lowest BCUT2D eigenvalue weighted by Gasteiger charge is -2.18. The Balaban J connectivity index is 0.00000676. The Labute approximate surface area is 181 Å². The lowest BCUT2D eigenvalue weighted by atomic mass is 10.00. The highest BCUT2D eigenvalue weighted by Gasteiger charge is 2.09. The zero-order chi connectivity index (χ0) is 19.4. The maximum atomic E-state index is 11.8. The first-order chi connectivity index (χ1) is 12.5. The topological polar surface area (TPSA) is 74.8 Å². The van der Waals surface area contributed by atoms with Crippen LogP contribution in [0, 0.1) is 5.92 Å². The Morgan fingerprint density at radius 3 is 2.37 bits per heavy atom. The average molecular weight is 490 g/mol. The van der Waals surface area contributed by atoms with E-state index in [0.717, 1.165) is 13.0 Å². The number of hydrogen-bond donors (Lipinski definition) is 3. The van der Waals surface area contributed by atoms with Crippen LogP contribution >= 0.6 is 24.0 Å². The molecule has 0 heterocycles. The van der Waals surface area contributed by atoms with Gasteiger partial charge in [0.15, 0.2) is 5.96 Å². The first kappa shape index (κ1) is 25.6. The summed E-state index contributed by atoms with van der Waals surface area (Å²) in [7, 11) is 1.61. The van der Waals surface area contributed by atoms with Crippen LogP contribution in [0.25, 0.3) is 0 Å². The van der Waals surface area contributed by atoms with Gasteiger partial charge in [0.1, 0.15) is 6.54 Å².